The van der Waals surface area contributed by atoms with E-state index in [0.29, 0.717) is 5.56 Å². The van der Waals surface area contributed by atoms with Crippen LogP contribution in [0, 0.1) is 0 Å². The number of carbonyl (C=O) groups is 1. The highest BCUT2D eigenvalue weighted by Crippen LogP contribution is 2.11. The average molecular weight is 268 g/mol. The van der Waals surface area contributed by atoms with Gasteiger partial charge >= 0.3 is 0 Å². The Balaban J connectivity index is 2.87. The molecule has 0 saturated carbocycles. The number of carbonyl (C=O) groups excluding carboxylic acids is 1. The summed E-state index contributed by atoms with van der Waals surface area (Å²) in [7, 11) is -3.68. The maximum atomic E-state index is 11.8. The van der Waals surface area contributed by atoms with E-state index in [4.69, 9.17) is 5.53 Å². The normalized spacial score (nSPS) is 10.7. The molecule has 0 aliphatic heterocycles. The van der Waals surface area contributed by atoms with Crippen molar-refractivity contribution in [2.75, 3.05) is 13.1 Å². The summed E-state index contributed by atoms with van der Waals surface area (Å²) in [6, 6.07) is 5.74. The minimum atomic E-state index is -3.68. The molecule has 7 nitrogen and oxygen atoms in total. The number of nitrogens with zero attached hydrogens (tertiary/aromatic N) is 3. The molecular weight excluding hydrogens is 256 g/mol. The maximum Gasteiger partial charge on any atom is 0.240 e. The van der Waals surface area contributed by atoms with E-state index in [0.717, 1.165) is 0 Å². The minimum Gasteiger partial charge on any atom is -0.295 e. The van der Waals surface area contributed by atoms with Crippen LogP contribution in [-0.2, 0) is 10.0 Å². The second-order valence-corrected chi connectivity index (χ2v) is 5.20. The third-order valence-electron chi connectivity index (χ3n) is 2.12. The molecule has 0 heterocycles. The van der Waals surface area contributed by atoms with Crippen molar-refractivity contribution in [2.45, 2.75) is 11.8 Å². The standard InChI is InChI=1S/C10H12N4O3S/c1-8(15)9-3-2-4-10(7-9)18(16,17)13-6-5-12-14-11/h2-4,7,13H,5-6H2,1H3. The lowest BCUT2D eigenvalue weighted by Gasteiger charge is -2.06. The summed E-state index contributed by atoms with van der Waals surface area (Å²) in [6.07, 6.45) is 0. The van der Waals surface area contributed by atoms with Crippen LogP contribution in [0.15, 0.2) is 34.3 Å². The Morgan fingerprint density at radius 2 is 2.22 bits per heavy atom. The van der Waals surface area contributed by atoms with Gasteiger partial charge in [-0.1, -0.05) is 17.2 Å². The van der Waals surface area contributed by atoms with E-state index in [-0.39, 0.29) is 23.8 Å². The molecule has 0 atom stereocenters. The predicted molar refractivity (Wildman–Crippen MR) is 65.6 cm³/mol. The van der Waals surface area contributed by atoms with E-state index in [1.165, 1.54) is 25.1 Å². The maximum absolute atomic E-state index is 11.8. The summed E-state index contributed by atoms with van der Waals surface area (Å²) >= 11 is 0. The predicted octanol–water partition coefficient (Wildman–Crippen LogP) is 1.48. The van der Waals surface area contributed by atoms with E-state index >= 15 is 0 Å². The molecule has 1 aromatic carbocycles. The lowest BCUT2D eigenvalue weighted by molar-refractivity contribution is 0.101. The Morgan fingerprint density at radius 3 is 2.83 bits per heavy atom. The van der Waals surface area contributed by atoms with Crippen LogP contribution in [0.5, 0.6) is 0 Å². The summed E-state index contributed by atoms with van der Waals surface area (Å²) < 4.78 is 25.9. The number of nitrogens with one attached hydrogen (secondary N) is 1. The Hall–Kier alpha value is -1.89. The van der Waals surface area contributed by atoms with Gasteiger partial charge in [0.1, 0.15) is 0 Å². The number of benzene rings is 1. The summed E-state index contributed by atoms with van der Waals surface area (Å²) in [5, 5.41) is 3.21. The number of azide groups is 1. The van der Waals surface area contributed by atoms with Gasteiger partial charge in [-0.25, -0.2) is 13.1 Å². The minimum absolute atomic E-state index is 0.0103. The Kier molecular flexibility index (Phi) is 4.85. The topological polar surface area (TPSA) is 112 Å². The van der Waals surface area contributed by atoms with Gasteiger partial charge in [-0.15, -0.1) is 0 Å². The zero-order valence-electron chi connectivity index (χ0n) is 9.70. The van der Waals surface area contributed by atoms with Crippen LogP contribution >= 0.6 is 0 Å². The number of hydrogen-bond donors (Lipinski definition) is 1. The van der Waals surface area contributed by atoms with Crippen molar-refractivity contribution in [2.24, 2.45) is 5.11 Å². The number of sulfonamides is 1. The molecule has 0 aromatic heterocycles. The Bertz CT molecular complexity index is 591. The number of hydrogen-bond acceptors (Lipinski definition) is 4. The zero-order valence-corrected chi connectivity index (χ0v) is 10.5. The molecular formula is C10H12N4O3S. The smallest absolute Gasteiger partial charge is 0.240 e. The highest BCUT2D eigenvalue weighted by atomic mass is 32.2. The fraction of sp³-hybridized carbons (Fsp3) is 0.300. The van der Waals surface area contributed by atoms with Crippen LogP contribution in [0.4, 0.5) is 0 Å². The van der Waals surface area contributed by atoms with Crippen molar-refractivity contribution in [3.05, 3.63) is 40.3 Å². The first-order valence-corrected chi connectivity index (χ1v) is 6.57. The molecule has 96 valence electrons. The van der Waals surface area contributed by atoms with E-state index in [1.807, 2.05) is 0 Å². The lowest BCUT2D eigenvalue weighted by atomic mass is 10.2. The van der Waals surface area contributed by atoms with Gasteiger partial charge in [0.05, 0.1) is 4.90 Å². The Morgan fingerprint density at radius 1 is 1.50 bits per heavy atom. The van der Waals surface area contributed by atoms with Crippen molar-refractivity contribution in [1.29, 1.82) is 0 Å². The first-order chi connectivity index (χ1) is 8.47. The fourth-order valence-corrected chi connectivity index (χ4v) is 2.31. The van der Waals surface area contributed by atoms with Crippen molar-refractivity contribution in [1.82, 2.24) is 4.72 Å². The molecule has 0 unspecified atom stereocenters. The fourth-order valence-electron chi connectivity index (χ4n) is 1.24. The molecule has 0 radical (unpaired) electrons. The van der Waals surface area contributed by atoms with Crippen molar-refractivity contribution < 1.29 is 13.2 Å². The summed E-state index contributed by atoms with van der Waals surface area (Å²) in [4.78, 5) is 13.7. The first kappa shape index (κ1) is 14.2. The molecule has 0 aliphatic rings. The summed E-state index contributed by atoms with van der Waals surface area (Å²) in [6.45, 7) is 1.40. The van der Waals surface area contributed by atoms with Gasteiger partial charge < -0.3 is 0 Å². The van der Waals surface area contributed by atoms with E-state index < -0.39 is 10.0 Å². The zero-order chi connectivity index (χ0) is 13.6. The van der Waals surface area contributed by atoms with Crippen molar-refractivity contribution in [3.8, 4) is 0 Å². The van der Waals surface area contributed by atoms with Crippen molar-refractivity contribution >= 4 is 15.8 Å². The van der Waals surface area contributed by atoms with E-state index in [1.54, 1.807) is 6.07 Å². The average Bonchev–Trinajstić information content (AvgIpc) is 2.35. The second kappa shape index (κ2) is 6.15. The third kappa shape index (κ3) is 3.85. The van der Waals surface area contributed by atoms with Crippen LogP contribution in [0.3, 0.4) is 0 Å². The van der Waals surface area contributed by atoms with Gasteiger partial charge in [0.2, 0.25) is 10.0 Å². The summed E-state index contributed by atoms with van der Waals surface area (Å²) in [5.74, 6) is -0.207. The van der Waals surface area contributed by atoms with Crippen LogP contribution in [0.25, 0.3) is 10.4 Å². The summed E-state index contributed by atoms with van der Waals surface area (Å²) in [5.41, 5.74) is 8.38. The van der Waals surface area contributed by atoms with Crippen LogP contribution in [0.2, 0.25) is 0 Å². The molecule has 18 heavy (non-hydrogen) atoms. The quantitative estimate of drug-likeness (QED) is 0.277. The Labute approximate surface area is 104 Å². The molecule has 0 aliphatic carbocycles. The number of ketones is 1. The van der Waals surface area contributed by atoms with E-state index in [9.17, 15) is 13.2 Å². The molecule has 1 rings (SSSR count). The molecule has 1 aromatic rings. The molecule has 1 N–H and O–H groups in total. The second-order valence-electron chi connectivity index (χ2n) is 3.44. The lowest BCUT2D eigenvalue weighted by Crippen LogP contribution is -2.26. The monoisotopic (exact) mass is 268 g/mol. The first-order valence-electron chi connectivity index (χ1n) is 5.09. The van der Waals surface area contributed by atoms with Gasteiger partial charge in [-0.2, -0.15) is 0 Å². The number of rotatable bonds is 6. The van der Waals surface area contributed by atoms with Gasteiger partial charge in [0.25, 0.3) is 0 Å². The molecule has 0 fully saturated rings. The highest BCUT2D eigenvalue weighted by molar-refractivity contribution is 7.89. The van der Waals surface area contributed by atoms with Crippen LogP contribution < -0.4 is 4.72 Å². The highest BCUT2D eigenvalue weighted by Gasteiger charge is 2.14. The largest absolute Gasteiger partial charge is 0.295 e. The van der Waals surface area contributed by atoms with Crippen molar-refractivity contribution in [3.63, 3.8) is 0 Å². The van der Waals surface area contributed by atoms with Crippen LogP contribution in [0.1, 0.15) is 17.3 Å². The number of Topliss-reactive ketones (excluding diaryl/α,β-unsaturated/α-hetero) is 1. The third-order valence-corrected chi connectivity index (χ3v) is 3.58. The molecule has 0 bridgehead atoms. The molecule has 0 spiro atoms. The molecule has 8 heteroatoms. The van der Waals surface area contributed by atoms with Gasteiger partial charge in [0.15, 0.2) is 5.78 Å². The molecule has 0 saturated heterocycles. The molecule has 0 amide bonds. The van der Waals surface area contributed by atoms with Gasteiger partial charge in [-0.3, -0.25) is 4.79 Å². The van der Waals surface area contributed by atoms with Gasteiger partial charge in [0, 0.05) is 23.6 Å². The van der Waals surface area contributed by atoms with Gasteiger partial charge in [-0.05, 0) is 24.6 Å². The SMILES string of the molecule is CC(=O)c1cccc(S(=O)(=O)NCCN=[N+]=[N-])c1. The van der Waals surface area contributed by atoms with Crippen LogP contribution in [-0.4, -0.2) is 27.3 Å². The van der Waals surface area contributed by atoms with E-state index in [2.05, 4.69) is 14.7 Å².